The smallest absolute Gasteiger partial charge is 0.257 e. The number of amides is 1. The van der Waals surface area contributed by atoms with Crippen LogP contribution in [0.2, 0.25) is 0 Å². The minimum atomic E-state index is -0.0698. The molecule has 142 valence electrons. The summed E-state index contributed by atoms with van der Waals surface area (Å²) in [6.45, 7) is 4.39. The zero-order chi connectivity index (χ0) is 19.1. The number of ether oxygens (including phenoxy) is 1. The Morgan fingerprint density at radius 1 is 1.26 bits per heavy atom. The predicted molar refractivity (Wildman–Crippen MR) is 99.6 cm³/mol. The summed E-state index contributed by atoms with van der Waals surface area (Å²) >= 11 is 0. The van der Waals surface area contributed by atoms with Crippen LogP contribution in [0, 0.1) is 12.8 Å². The van der Waals surface area contributed by atoms with E-state index in [0.29, 0.717) is 36.7 Å². The van der Waals surface area contributed by atoms with Crippen molar-refractivity contribution in [3.63, 3.8) is 0 Å². The number of aromatic nitrogens is 3. The van der Waals surface area contributed by atoms with Crippen LogP contribution >= 0.6 is 0 Å². The zero-order valence-electron chi connectivity index (χ0n) is 15.8. The predicted octanol–water partition coefficient (Wildman–Crippen LogP) is 0.861. The van der Waals surface area contributed by atoms with Gasteiger partial charge >= 0.3 is 0 Å². The number of fused-ring (bicyclic) bond motifs is 1. The van der Waals surface area contributed by atoms with Crippen molar-refractivity contribution in [3.05, 3.63) is 45.9 Å². The third-order valence-corrected chi connectivity index (χ3v) is 5.57. The van der Waals surface area contributed by atoms with Crippen LogP contribution in [-0.4, -0.2) is 45.5 Å². The first-order valence-electron chi connectivity index (χ1n) is 9.02. The molecule has 1 amide bonds. The van der Waals surface area contributed by atoms with Crippen molar-refractivity contribution in [2.75, 3.05) is 25.1 Å². The van der Waals surface area contributed by atoms with Gasteiger partial charge in [-0.3, -0.25) is 9.59 Å². The summed E-state index contributed by atoms with van der Waals surface area (Å²) in [7, 11) is 3.33. The van der Waals surface area contributed by atoms with Gasteiger partial charge in [-0.15, -0.1) is 0 Å². The number of hydrogen-bond donors (Lipinski definition) is 0. The topological polar surface area (TPSA) is 80.6 Å². The standard InChI is InChI=1S/C19H23N5O3/c1-12-18(27-3)15-9-24(10-16(15)22(2)19(12)26)17(25)4-13-7-23(8-13)14-5-20-11-21-6-14/h5-6,11,13H,4,7-10H2,1-3H3. The lowest BCUT2D eigenvalue weighted by atomic mass is 9.95. The number of hydrogen-bond acceptors (Lipinski definition) is 6. The number of pyridine rings is 1. The maximum atomic E-state index is 12.8. The highest BCUT2D eigenvalue weighted by molar-refractivity contribution is 5.78. The van der Waals surface area contributed by atoms with Crippen molar-refractivity contribution in [2.45, 2.75) is 26.4 Å². The fourth-order valence-corrected chi connectivity index (χ4v) is 4.02. The Morgan fingerprint density at radius 3 is 2.63 bits per heavy atom. The van der Waals surface area contributed by atoms with Crippen molar-refractivity contribution in [1.82, 2.24) is 19.4 Å². The number of carbonyl (C=O) groups is 1. The Morgan fingerprint density at radius 2 is 1.96 bits per heavy atom. The maximum absolute atomic E-state index is 12.8. The lowest BCUT2D eigenvalue weighted by molar-refractivity contribution is -0.133. The van der Waals surface area contributed by atoms with Gasteiger partial charge in [0.25, 0.3) is 5.56 Å². The van der Waals surface area contributed by atoms with Gasteiger partial charge in [-0.2, -0.15) is 0 Å². The van der Waals surface area contributed by atoms with Crippen LogP contribution in [0.4, 0.5) is 5.69 Å². The Bertz CT molecular complexity index is 935. The van der Waals surface area contributed by atoms with Gasteiger partial charge in [0.05, 0.1) is 43.8 Å². The molecule has 0 bridgehead atoms. The second-order valence-electron chi connectivity index (χ2n) is 7.27. The van der Waals surface area contributed by atoms with E-state index in [1.54, 1.807) is 38.0 Å². The highest BCUT2D eigenvalue weighted by Crippen LogP contribution is 2.33. The van der Waals surface area contributed by atoms with E-state index in [4.69, 9.17) is 4.74 Å². The molecule has 2 aromatic rings. The lowest BCUT2D eigenvalue weighted by Gasteiger charge is -2.40. The highest BCUT2D eigenvalue weighted by atomic mass is 16.5. The Hall–Kier alpha value is -2.90. The van der Waals surface area contributed by atoms with Gasteiger partial charge in [0.15, 0.2) is 0 Å². The molecule has 0 atom stereocenters. The van der Waals surface area contributed by atoms with Crippen LogP contribution in [0.25, 0.3) is 0 Å². The molecule has 0 N–H and O–H groups in total. The van der Waals surface area contributed by atoms with Crippen LogP contribution < -0.4 is 15.2 Å². The summed E-state index contributed by atoms with van der Waals surface area (Å²) in [4.78, 5) is 37.2. The fraction of sp³-hybridized carbons (Fsp3) is 0.474. The molecule has 0 spiro atoms. The number of rotatable bonds is 4. The van der Waals surface area contributed by atoms with Gasteiger partial charge in [-0.25, -0.2) is 9.97 Å². The van der Waals surface area contributed by atoms with E-state index in [9.17, 15) is 9.59 Å². The summed E-state index contributed by atoms with van der Waals surface area (Å²) in [5.74, 6) is 1.06. The molecule has 0 saturated carbocycles. The number of nitrogens with zero attached hydrogens (tertiary/aromatic N) is 5. The Labute approximate surface area is 157 Å². The molecule has 2 aliphatic rings. The first-order valence-corrected chi connectivity index (χ1v) is 9.02. The number of methoxy groups -OCH3 is 1. The van der Waals surface area contributed by atoms with E-state index in [-0.39, 0.29) is 11.5 Å². The molecule has 2 aliphatic heterocycles. The average Bonchev–Trinajstić information content (AvgIpc) is 3.09. The van der Waals surface area contributed by atoms with E-state index < -0.39 is 0 Å². The summed E-state index contributed by atoms with van der Waals surface area (Å²) in [5.41, 5.74) is 3.33. The molecule has 8 heteroatoms. The normalized spacial score (nSPS) is 16.3. The largest absolute Gasteiger partial charge is 0.496 e. The Kier molecular flexibility index (Phi) is 4.33. The molecule has 0 unspecified atom stereocenters. The van der Waals surface area contributed by atoms with E-state index >= 15 is 0 Å². The molecule has 27 heavy (non-hydrogen) atoms. The van der Waals surface area contributed by atoms with E-state index in [1.165, 1.54) is 6.33 Å². The quantitative estimate of drug-likeness (QED) is 0.795. The van der Waals surface area contributed by atoms with Crippen molar-refractivity contribution in [1.29, 1.82) is 0 Å². The van der Waals surface area contributed by atoms with Crippen LogP contribution in [0.15, 0.2) is 23.5 Å². The monoisotopic (exact) mass is 369 g/mol. The number of carbonyl (C=O) groups excluding carboxylic acids is 1. The second-order valence-corrected chi connectivity index (χ2v) is 7.27. The molecule has 1 saturated heterocycles. The molecular formula is C19H23N5O3. The minimum Gasteiger partial charge on any atom is -0.496 e. The molecule has 4 heterocycles. The maximum Gasteiger partial charge on any atom is 0.257 e. The summed E-state index contributed by atoms with van der Waals surface area (Å²) in [6, 6.07) is 0. The average molecular weight is 369 g/mol. The first kappa shape index (κ1) is 17.5. The molecule has 0 radical (unpaired) electrons. The van der Waals surface area contributed by atoms with Crippen molar-refractivity contribution >= 4 is 11.6 Å². The van der Waals surface area contributed by atoms with Crippen molar-refractivity contribution < 1.29 is 9.53 Å². The van der Waals surface area contributed by atoms with Crippen molar-refractivity contribution in [3.8, 4) is 5.75 Å². The summed E-state index contributed by atoms with van der Waals surface area (Å²) < 4.78 is 7.10. The molecule has 1 fully saturated rings. The van der Waals surface area contributed by atoms with Gasteiger partial charge < -0.3 is 19.1 Å². The van der Waals surface area contributed by atoms with Crippen LogP contribution in [0.5, 0.6) is 5.75 Å². The summed E-state index contributed by atoms with van der Waals surface area (Å²) in [6.07, 6.45) is 5.60. The number of anilines is 1. The SMILES string of the molecule is COc1c2c(n(C)c(=O)c1C)CN(C(=O)CC1CN(c3cncnc3)C1)C2. The molecule has 2 aromatic heterocycles. The van der Waals surface area contributed by atoms with Gasteiger partial charge in [-0.1, -0.05) is 0 Å². The summed E-state index contributed by atoms with van der Waals surface area (Å²) in [5, 5.41) is 0. The van der Waals surface area contributed by atoms with E-state index in [1.807, 2.05) is 4.90 Å². The zero-order valence-corrected chi connectivity index (χ0v) is 15.8. The first-order chi connectivity index (χ1) is 13.0. The van der Waals surface area contributed by atoms with E-state index in [2.05, 4.69) is 14.9 Å². The third-order valence-electron chi connectivity index (χ3n) is 5.57. The molecular weight excluding hydrogens is 346 g/mol. The van der Waals surface area contributed by atoms with Gasteiger partial charge in [0.2, 0.25) is 5.91 Å². The van der Waals surface area contributed by atoms with Gasteiger partial charge in [0, 0.05) is 43.7 Å². The lowest BCUT2D eigenvalue weighted by Crippen LogP contribution is -2.48. The van der Waals surface area contributed by atoms with Crippen LogP contribution in [-0.2, 0) is 24.9 Å². The van der Waals surface area contributed by atoms with Crippen LogP contribution in [0.3, 0.4) is 0 Å². The molecule has 4 rings (SSSR count). The molecule has 8 nitrogen and oxygen atoms in total. The molecule has 0 aliphatic carbocycles. The Balaban J connectivity index is 1.42. The van der Waals surface area contributed by atoms with Crippen molar-refractivity contribution in [2.24, 2.45) is 13.0 Å². The highest BCUT2D eigenvalue weighted by Gasteiger charge is 2.34. The minimum absolute atomic E-state index is 0.0698. The second kappa shape index (κ2) is 6.68. The molecule has 0 aromatic carbocycles. The van der Waals surface area contributed by atoms with Gasteiger partial charge in [0.1, 0.15) is 12.1 Å². The van der Waals surface area contributed by atoms with E-state index in [0.717, 1.165) is 30.0 Å². The van der Waals surface area contributed by atoms with Crippen LogP contribution in [0.1, 0.15) is 23.2 Å². The third kappa shape index (κ3) is 2.94. The van der Waals surface area contributed by atoms with Gasteiger partial charge in [-0.05, 0) is 6.92 Å². The fourth-order valence-electron chi connectivity index (χ4n) is 4.02.